The highest BCUT2D eigenvalue weighted by atomic mass is 35.5. The number of aromatic nitrogens is 1. The lowest BCUT2D eigenvalue weighted by atomic mass is 10.1. The predicted octanol–water partition coefficient (Wildman–Crippen LogP) is 2.64. The van der Waals surface area contributed by atoms with E-state index in [1.165, 1.54) is 10.6 Å². The Balaban J connectivity index is 0.000000203. The van der Waals surface area contributed by atoms with E-state index in [0.717, 1.165) is 13.0 Å². The maximum absolute atomic E-state index is 10.6. The maximum Gasteiger partial charge on any atom is 0.490 e. The van der Waals surface area contributed by atoms with Gasteiger partial charge in [0.2, 0.25) is 0 Å². The Kier molecular flexibility index (Phi) is 4.94. The van der Waals surface area contributed by atoms with Crippen molar-refractivity contribution in [1.29, 1.82) is 0 Å². The summed E-state index contributed by atoms with van der Waals surface area (Å²) in [5.74, 6) is -2.76. The number of hydrogen-bond donors (Lipinski definition) is 2. The average molecular weight is 303 g/mol. The van der Waals surface area contributed by atoms with Crippen LogP contribution < -0.4 is 5.32 Å². The van der Waals surface area contributed by atoms with Crippen molar-refractivity contribution in [2.45, 2.75) is 25.6 Å². The molecule has 2 rings (SSSR count). The van der Waals surface area contributed by atoms with E-state index < -0.39 is 12.1 Å². The quantitative estimate of drug-likeness (QED) is 0.773. The third-order valence-electron chi connectivity index (χ3n) is 2.15. The van der Waals surface area contributed by atoms with Crippen molar-refractivity contribution in [2.75, 3.05) is 6.54 Å². The smallest absolute Gasteiger partial charge is 0.475 e. The lowest BCUT2D eigenvalue weighted by molar-refractivity contribution is -0.192. The summed E-state index contributed by atoms with van der Waals surface area (Å²) >= 11 is 7.39. The summed E-state index contributed by atoms with van der Waals surface area (Å²) in [6.45, 7) is 3.17. The molecule has 0 aromatic carbocycles. The maximum atomic E-state index is 10.6. The zero-order valence-electron chi connectivity index (χ0n) is 9.21. The molecule has 4 nitrogen and oxygen atoms in total. The Labute approximate surface area is 110 Å². The van der Waals surface area contributed by atoms with Gasteiger partial charge in [-0.2, -0.15) is 13.2 Å². The largest absolute Gasteiger partial charge is 0.490 e. The molecule has 0 radical (unpaired) electrons. The molecule has 2 N–H and O–H groups in total. The number of nitrogens with zero attached hydrogens (tertiary/aromatic N) is 1. The van der Waals surface area contributed by atoms with Crippen molar-refractivity contribution >= 4 is 28.9 Å². The molecule has 0 aliphatic carbocycles. The van der Waals surface area contributed by atoms with Crippen LogP contribution in [0.3, 0.4) is 0 Å². The molecule has 0 amide bonds. The van der Waals surface area contributed by atoms with E-state index in [0.29, 0.717) is 10.5 Å². The average Bonchev–Trinajstić information content (AvgIpc) is 2.59. The molecule has 1 aromatic rings. The molecular formula is C9H10ClF3N2O2S. The van der Waals surface area contributed by atoms with Crippen molar-refractivity contribution in [3.63, 3.8) is 0 Å². The zero-order valence-corrected chi connectivity index (χ0v) is 10.8. The molecule has 1 atom stereocenters. The van der Waals surface area contributed by atoms with Crippen LogP contribution in [0.15, 0.2) is 0 Å². The van der Waals surface area contributed by atoms with Crippen LogP contribution in [0.1, 0.15) is 23.5 Å². The molecule has 2 heterocycles. The zero-order chi connectivity index (χ0) is 13.9. The van der Waals surface area contributed by atoms with Gasteiger partial charge >= 0.3 is 12.1 Å². The second kappa shape index (κ2) is 5.85. The minimum absolute atomic E-state index is 0.434. The summed E-state index contributed by atoms with van der Waals surface area (Å²) in [4.78, 5) is 14.4. The van der Waals surface area contributed by atoms with Gasteiger partial charge in [0.15, 0.2) is 4.47 Å². The van der Waals surface area contributed by atoms with Gasteiger partial charge in [0.05, 0.1) is 5.69 Å². The van der Waals surface area contributed by atoms with Crippen molar-refractivity contribution in [3.05, 3.63) is 15.0 Å². The highest BCUT2D eigenvalue weighted by Crippen LogP contribution is 2.30. The molecule has 0 unspecified atom stereocenters. The number of fused-ring (bicyclic) bond motifs is 1. The second-order valence-corrected chi connectivity index (χ2v) is 5.12. The summed E-state index contributed by atoms with van der Waals surface area (Å²) < 4.78 is 32.4. The highest BCUT2D eigenvalue weighted by Gasteiger charge is 2.38. The SMILES string of the molecule is C[C@H]1NCCc2nc(Cl)sc21.O=C(O)C(F)(F)F. The standard InChI is InChI=1S/C7H9ClN2S.C2HF3O2/c1-4-6-5(2-3-9-4)10-7(8)11-6;3-2(4,5)1(6)7/h4,9H,2-3H2,1H3;(H,6,7)/t4-;/m1./s1. The van der Waals surface area contributed by atoms with E-state index >= 15 is 0 Å². The van der Waals surface area contributed by atoms with Crippen LogP contribution in [-0.4, -0.2) is 28.8 Å². The van der Waals surface area contributed by atoms with Crippen LogP contribution in [0.2, 0.25) is 4.47 Å². The van der Waals surface area contributed by atoms with Crippen molar-refractivity contribution in [2.24, 2.45) is 0 Å². The first-order chi connectivity index (χ1) is 8.21. The van der Waals surface area contributed by atoms with Gasteiger partial charge in [-0.15, -0.1) is 11.3 Å². The number of thiazole rings is 1. The fraction of sp³-hybridized carbons (Fsp3) is 0.556. The van der Waals surface area contributed by atoms with Gasteiger partial charge in [-0.1, -0.05) is 11.6 Å². The van der Waals surface area contributed by atoms with Crippen molar-refractivity contribution < 1.29 is 23.1 Å². The molecule has 0 fully saturated rings. The Bertz CT molecular complexity index is 436. The van der Waals surface area contributed by atoms with E-state index in [4.69, 9.17) is 21.5 Å². The summed E-state index contributed by atoms with van der Waals surface area (Å²) in [7, 11) is 0. The Hall–Kier alpha value is -0.860. The monoisotopic (exact) mass is 302 g/mol. The molecule has 18 heavy (non-hydrogen) atoms. The number of hydrogen-bond acceptors (Lipinski definition) is 4. The van der Waals surface area contributed by atoms with Gasteiger partial charge in [-0.05, 0) is 6.92 Å². The molecular weight excluding hydrogens is 293 g/mol. The topological polar surface area (TPSA) is 62.2 Å². The third kappa shape index (κ3) is 4.11. The molecule has 1 aliphatic heterocycles. The molecule has 102 valence electrons. The molecule has 0 spiro atoms. The number of carboxylic acids is 1. The van der Waals surface area contributed by atoms with Gasteiger partial charge in [0.1, 0.15) is 0 Å². The fourth-order valence-electron chi connectivity index (χ4n) is 1.35. The van der Waals surface area contributed by atoms with Crippen LogP contribution >= 0.6 is 22.9 Å². The minimum Gasteiger partial charge on any atom is -0.475 e. The molecule has 0 bridgehead atoms. The number of carbonyl (C=O) groups is 1. The van der Waals surface area contributed by atoms with E-state index in [-0.39, 0.29) is 0 Å². The first kappa shape index (κ1) is 15.2. The molecule has 9 heteroatoms. The summed E-state index contributed by atoms with van der Waals surface area (Å²) in [5, 5.41) is 10.5. The summed E-state index contributed by atoms with van der Waals surface area (Å²) in [5.41, 5.74) is 1.19. The summed E-state index contributed by atoms with van der Waals surface area (Å²) in [6, 6.07) is 0.434. The van der Waals surface area contributed by atoms with E-state index in [9.17, 15) is 13.2 Å². The second-order valence-electron chi connectivity index (χ2n) is 3.51. The number of halogens is 4. The Morgan fingerprint density at radius 3 is 2.61 bits per heavy atom. The summed E-state index contributed by atoms with van der Waals surface area (Å²) in [6.07, 6.45) is -4.07. The van der Waals surface area contributed by atoms with Gasteiger partial charge in [-0.3, -0.25) is 0 Å². The van der Waals surface area contributed by atoms with Crippen LogP contribution in [0.5, 0.6) is 0 Å². The van der Waals surface area contributed by atoms with Gasteiger partial charge in [0, 0.05) is 23.9 Å². The molecule has 1 aromatic heterocycles. The van der Waals surface area contributed by atoms with Gasteiger partial charge in [0.25, 0.3) is 0 Å². The number of carboxylic acid groups (broad SMARTS) is 1. The minimum atomic E-state index is -5.08. The number of alkyl halides is 3. The van der Waals surface area contributed by atoms with E-state index in [1.54, 1.807) is 11.3 Å². The van der Waals surface area contributed by atoms with Crippen molar-refractivity contribution in [3.8, 4) is 0 Å². The first-order valence-corrected chi connectivity index (χ1v) is 6.10. The van der Waals surface area contributed by atoms with Gasteiger partial charge < -0.3 is 10.4 Å². The van der Waals surface area contributed by atoms with Gasteiger partial charge in [-0.25, -0.2) is 9.78 Å². The van der Waals surface area contributed by atoms with Crippen LogP contribution in [0.4, 0.5) is 13.2 Å². The normalized spacial score (nSPS) is 18.6. The third-order valence-corrected chi connectivity index (χ3v) is 3.53. The van der Waals surface area contributed by atoms with E-state index in [2.05, 4.69) is 17.2 Å². The number of rotatable bonds is 0. The van der Waals surface area contributed by atoms with Crippen LogP contribution in [0.25, 0.3) is 0 Å². The fourth-order valence-corrected chi connectivity index (χ4v) is 2.57. The highest BCUT2D eigenvalue weighted by molar-refractivity contribution is 7.15. The van der Waals surface area contributed by atoms with Crippen molar-refractivity contribution in [1.82, 2.24) is 10.3 Å². The number of aliphatic carboxylic acids is 1. The Morgan fingerprint density at radius 1 is 1.61 bits per heavy atom. The first-order valence-electron chi connectivity index (χ1n) is 4.90. The lowest BCUT2D eigenvalue weighted by Crippen LogP contribution is -2.26. The van der Waals surface area contributed by atoms with Crippen LogP contribution in [-0.2, 0) is 11.2 Å². The molecule has 0 saturated heterocycles. The van der Waals surface area contributed by atoms with Crippen LogP contribution in [0, 0.1) is 0 Å². The molecule has 1 aliphatic rings. The van der Waals surface area contributed by atoms with E-state index in [1.807, 2.05) is 0 Å². The Morgan fingerprint density at radius 2 is 2.17 bits per heavy atom. The predicted molar refractivity (Wildman–Crippen MR) is 60.9 cm³/mol. The number of nitrogens with one attached hydrogen (secondary N) is 1. The molecule has 0 saturated carbocycles. The lowest BCUT2D eigenvalue weighted by Gasteiger charge is -2.18.